The Morgan fingerprint density at radius 2 is 1.82 bits per heavy atom. The van der Waals surface area contributed by atoms with Gasteiger partial charge in [-0.05, 0) is 30.7 Å². The van der Waals surface area contributed by atoms with Crippen LogP contribution in [0.4, 0.5) is 5.69 Å². The quantitative estimate of drug-likeness (QED) is 0.620. The van der Waals surface area contributed by atoms with Crippen molar-refractivity contribution in [1.82, 2.24) is 4.57 Å². The van der Waals surface area contributed by atoms with Crippen LogP contribution in [-0.4, -0.2) is 17.5 Å². The first kappa shape index (κ1) is 13.1. The first-order valence-corrected chi connectivity index (χ1v) is 7.52. The largest absolute Gasteiger partial charge is 0.343 e. The van der Waals surface area contributed by atoms with Crippen molar-refractivity contribution in [3.05, 3.63) is 53.6 Å². The highest BCUT2D eigenvalue weighted by Crippen LogP contribution is 2.41. The van der Waals surface area contributed by atoms with Gasteiger partial charge in [-0.15, -0.1) is 0 Å². The number of aryl methyl sites for hydroxylation is 2. The number of rotatable bonds is 0. The number of fused-ring (bicyclic) bond motifs is 5. The molecule has 2 aromatic carbocycles. The molecule has 0 radical (unpaired) electrons. The zero-order chi connectivity index (χ0) is 15.4. The Kier molecular flexibility index (Phi) is 2.67. The van der Waals surface area contributed by atoms with Crippen LogP contribution >= 0.6 is 0 Å². The summed E-state index contributed by atoms with van der Waals surface area (Å²) in [7, 11) is 3.95. The third-order valence-corrected chi connectivity index (χ3v) is 4.68. The van der Waals surface area contributed by atoms with Crippen LogP contribution < -0.4 is 4.90 Å². The molecule has 3 aromatic rings. The Morgan fingerprint density at radius 3 is 2.64 bits per heavy atom. The second kappa shape index (κ2) is 4.47. The number of aromatic nitrogens is 1. The van der Waals surface area contributed by atoms with E-state index < -0.39 is 0 Å². The Hall–Kier alpha value is -2.55. The van der Waals surface area contributed by atoms with Gasteiger partial charge in [0.15, 0.2) is 0 Å². The molecule has 22 heavy (non-hydrogen) atoms. The Balaban J connectivity index is 2.17. The summed E-state index contributed by atoms with van der Waals surface area (Å²) in [5.41, 5.74) is 6.81. The minimum Gasteiger partial charge on any atom is -0.343 e. The average molecular weight is 290 g/mol. The zero-order valence-electron chi connectivity index (χ0n) is 13.1. The first-order chi connectivity index (χ1) is 10.6. The molecule has 0 aliphatic carbocycles. The second-order valence-electron chi connectivity index (χ2n) is 6.05. The van der Waals surface area contributed by atoms with Crippen LogP contribution in [0.1, 0.15) is 11.1 Å². The first-order valence-electron chi connectivity index (χ1n) is 7.52. The van der Waals surface area contributed by atoms with E-state index in [4.69, 9.17) is 0 Å². The highest BCUT2D eigenvalue weighted by molar-refractivity contribution is 6.06. The van der Waals surface area contributed by atoms with Gasteiger partial charge in [0.25, 0.3) is 0 Å². The molecule has 0 bridgehead atoms. The molecule has 3 nitrogen and oxygen atoms in total. The van der Waals surface area contributed by atoms with E-state index in [-0.39, 0.29) is 5.91 Å². The molecule has 0 unspecified atom stereocenters. The molecule has 1 aliphatic heterocycles. The predicted molar refractivity (Wildman–Crippen MR) is 90.2 cm³/mol. The molecule has 110 valence electrons. The van der Waals surface area contributed by atoms with Gasteiger partial charge in [0, 0.05) is 30.6 Å². The van der Waals surface area contributed by atoms with E-state index >= 15 is 0 Å². The predicted octanol–water partition coefficient (Wildman–Crippen LogP) is 3.67. The van der Waals surface area contributed by atoms with E-state index in [0.717, 1.165) is 22.5 Å². The Morgan fingerprint density at radius 1 is 1.05 bits per heavy atom. The summed E-state index contributed by atoms with van der Waals surface area (Å²) in [6.07, 6.45) is 0.445. The van der Waals surface area contributed by atoms with Crippen LogP contribution in [0.25, 0.3) is 22.2 Å². The lowest BCUT2D eigenvalue weighted by molar-refractivity contribution is -0.117. The summed E-state index contributed by atoms with van der Waals surface area (Å²) in [6.45, 7) is 2.09. The normalized spacial score (nSPS) is 14.0. The Bertz CT molecular complexity index is 921. The van der Waals surface area contributed by atoms with Crippen molar-refractivity contribution >= 4 is 22.5 Å². The average Bonchev–Trinajstić information content (AvgIpc) is 2.73. The number of anilines is 1. The van der Waals surface area contributed by atoms with Gasteiger partial charge < -0.3 is 9.47 Å². The molecular weight excluding hydrogens is 272 g/mol. The van der Waals surface area contributed by atoms with E-state index in [1.807, 2.05) is 19.2 Å². The lowest BCUT2D eigenvalue weighted by atomic mass is 10.0. The molecule has 2 heterocycles. The third kappa shape index (κ3) is 1.65. The van der Waals surface area contributed by atoms with E-state index in [0.29, 0.717) is 6.42 Å². The van der Waals surface area contributed by atoms with Crippen LogP contribution in [0.15, 0.2) is 42.5 Å². The third-order valence-electron chi connectivity index (χ3n) is 4.68. The molecular formula is C19H18N2O. The highest BCUT2D eigenvalue weighted by atomic mass is 16.2. The van der Waals surface area contributed by atoms with Crippen LogP contribution in [0, 0.1) is 6.92 Å². The number of nitrogens with zero attached hydrogens (tertiary/aromatic N) is 2. The van der Waals surface area contributed by atoms with Crippen LogP contribution in [0.2, 0.25) is 0 Å². The number of carbonyl (C=O) groups excluding carboxylic acids is 1. The molecule has 4 rings (SSSR count). The fourth-order valence-corrected chi connectivity index (χ4v) is 3.53. The number of benzene rings is 2. The summed E-state index contributed by atoms with van der Waals surface area (Å²) < 4.78 is 2.22. The second-order valence-corrected chi connectivity index (χ2v) is 6.05. The molecule has 0 spiro atoms. The van der Waals surface area contributed by atoms with Crippen molar-refractivity contribution in [2.45, 2.75) is 13.3 Å². The van der Waals surface area contributed by atoms with Gasteiger partial charge in [0.1, 0.15) is 0 Å². The summed E-state index contributed by atoms with van der Waals surface area (Å²) >= 11 is 0. The minimum absolute atomic E-state index is 0.139. The maximum absolute atomic E-state index is 12.6. The number of carbonyl (C=O) groups is 1. The maximum atomic E-state index is 12.6. The topological polar surface area (TPSA) is 25.2 Å². The van der Waals surface area contributed by atoms with Crippen molar-refractivity contribution in [2.24, 2.45) is 7.05 Å². The standard InChI is InChI=1S/C19H18N2O/c1-12-8-9-17-15(10-12)19-14(11-18(22)20(17)2)13-6-4-5-7-16(13)21(19)3/h4-10H,11H2,1-3H3. The fraction of sp³-hybridized carbons (Fsp3) is 0.211. The zero-order valence-corrected chi connectivity index (χ0v) is 13.1. The molecule has 0 N–H and O–H groups in total. The fourth-order valence-electron chi connectivity index (χ4n) is 3.53. The van der Waals surface area contributed by atoms with Gasteiger partial charge in [-0.2, -0.15) is 0 Å². The molecule has 1 aliphatic rings. The number of para-hydroxylation sites is 1. The molecule has 0 atom stereocenters. The van der Waals surface area contributed by atoms with Gasteiger partial charge >= 0.3 is 0 Å². The van der Waals surface area contributed by atoms with E-state index in [1.54, 1.807) is 4.90 Å². The summed E-state index contributed by atoms with van der Waals surface area (Å²) in [5.74, 6) is 0.139. The lowest BCUT2D eigenvalue weighted by Gasteiger charge is -2.18. The maximum Gasteiger partial charge on any atom is 0.231 e. The highest BCUT2D eigenvalue weighted by Gasteiger charge is 2.27. The summed E-state index contributed by atoms with van der Waals surface area (Å²) in [4.78, 5) is 14.4. The number of hydrogen-bond acceptors (Lipinski definition) is 1. The number of amides is 1. The smallest absolute Gasteiger partial charge is 0.231 e. The van der Waals surface area contributed by atoms with Crippen LogP contribution in [0.5, 0.6) is 0 Å². The SMILES string of the molecule is Cc1ccc2c(c1)-c1c(c3ccccc3n1C)CC(=O)N2C. The van der Waals surface area contributed by atoms with Crippen LogP contribution in [-0.2, 0) is 18.3 Å². The van der Waals surface area contributed by atoms with Gasteiger partial charge in [-0.25, -0.2) is 0 Å². The molecule has 1 aromatic heterocycles. The minimum atomic E-state index is 0.139. The van der Waals surface area contributed by atoms with E-state index in [9.17, 15) is 4.79 Å². The van der Waals surface area contributed by atoms with Crippen molar-refractivity contribution < 1.29 is 4.79 Å². The van der Waals surface area contributed by atoms with Crippen LogP contribution in [0.3, 0.4) is 0 Å². The molecule has 0 saturated carbocycles. The molecule has 0 fully saturated rings. The van der Waals surface area contributed by atoms with Crippen molar-refractivity contribution in [3.63, 3.8) is 0 Å². The van der Waals surface area contributed by atoms with Crippen molar-refractivity contribution in [2.75, 3.05) is 11.9 Å². The van der Waals surface area contributed by atoms with E-state index in [2.05, 4.69) is 48.9 Å². The summed E-state index contributed by atoms with van der Waals surface area (Å²) in [6, 6.07) is 14.6. The van der Waals surface area contributed by atoms with E-state index in [1.165, 1.54) is 16.5 Å². The van der Waals surface area contributed by atoms with Crippen molar-refractivity contribution in [1.29, 1.82) is 0 Å². The molecule has 3 heteroatoms. The van der Waals surface area contributed by atoms with Gasteiger partial charge in [0.05, 0.1) is 17.8 Å². The number of hydrogen-bond donors (Lipinski definition) is 0. The Labute approximate surface area is 129 Å². The lowest BCUT2D eigenvalue weighted by Crippen LogP contribution is -2.26. The summed E-state index contributed by atoms with van der Waals surface area (Å²) in [5, 5.41) is 1.18. The molecule has 1 amide bonds. The number of likely N-dealkylation sites (N-methyl/N-ethyl adjacent to an activating group) is 1. The van der Waals surface area contributed by atoms with Gasteiger partial charge in [-0.3, -0.25) is 4.79 Å². The van der Waals surface area contributed by atoms with Crippen molar-refractivity contribution in [3.8, 4) is 11.3 Å². The van der Waals surface area contributed by atoms with Gasteiger partial charge in [-0.1, -0.05) is 29.8 Å². The monoisotopic (exact) mass is 290 g/mol. The molecule has 0 saturated heterocycles. The van der Waals surface area contributed by atoms with Gasteiger partial charge in [0.2, 0.25) is 5.91 Å².